The van der Waals surface area contributed by atoms with Gasteiger partial charge in [0, 0.05) is 6.42 Å². The van der Waals surface area contributed by atoms with Crippen molar-refractivity contribution in [1.82, 2.24) is 0 Å². The van der Waals surface area contributed by atoms with Gasteiger partial charge in [0.2, 0.25) is 0 Å². The summed E-state index contributed by atoms with van der Waals surface area (Å²) in [6, 6.07) is 11.6. The average Bonchev–Trinajstić information content (AvgIpc) is 2.39. The number of rotatable bonds is 5. The van der Waals surface area contributed by atoms with Crippen molar-refractivity contribution in [2.75, 3.05) is 0 Å². The summed E-state index contributed by atoms with van der Waals surface area (Å²) in [5.74, 6) is -1.05. The van der Waals surface area contributed by atoms with Gasteiger partial charge in [-0.05, 0) is 48.7 Å². The molecule has 1 N–H and O–H groups in total. The van der Waals surface area contributed by atoms with E-state index in [1.165, 1.54) is 6.07 Å². The molecule has 110 valence electrons. The molecule has 1 atom stereocenters. The number of hydrogen-bond acceptors (Lipinski definition) is 2. The van der Waals surface area contributed by atoms with Crippen LogP contribution in [-0.4, -0.2) is 17.2 Å². The molecule has 0 amide bonds. The topological polar surface area (TPSA) is 46.5 Å². The van der Waals surface area contributed by atoms with Crippen LogP contribution < -0.4 is 4.74 Å². The van der Waals surface area contributed by atoms with Crippen molar-refractivity contribution in [3.63, 3.8) is 0 Å². The SMILES string of the molecule is Cc1cc(C)cc(OC(Cc2ccccc2F)C(=O)O)c1. The Bertz CT molecular complexity index is 632. The van der Waals surface area contributed by atoms with Gasteiger partial charge in [-0.1, -0.05) is 24.3 Å². The molecule has 2 aromatic rings. The van der Waals surface area contributed by atoms with Crippen molar-refractivity contribution >= 4 is 5.97 Å². The predicted octanol–water partition coefficient (Wildman–Crippen LogP) is 3.52. The maximum absolute atomic E-state index is 13.6. The number of carbonyl (C=O) groups is 1. The van der Waals surface area contributed by atoms with E-state index in [4.69, 9.17) is 4.74 Å². The minimum absolute atomic E-state index is 0.0189. The number of aliphatic carboxylic acids is 1. The van der Waals surface area contributed by atoms with E-state index >= 15 is 0 Å². The van der Waals surface area contributed by atoms with Crippen LogP contribution >= 0.6 is 0 Å². The summed E-state index contributed by atoms with van der Waals surface area (Å²) in [4.78, 5) is 11.3. The Morgan fingerprint density at radius 3 is 2.38 bits per heavy atom. The number of carboxylic acids is 1. The number of benzene rings is 2. The molecule has 0 radical (unpaired) electrons. The summed E-state index contributed by atoms with van der Waals surface area (Å²) < 4.78 is 19.2. The molecule has 4 heteroatoms. The minimum Gasteiger partial charge on any atom is -0.478 e. The van der Waals surface area contributed by atoms with Gasteiger partial charge in [-0.2, -0.15) is 0 Å². The van der Waals surface area contributed by atoms with Crippen LogP contribution in [0.1, 0.15) is 16.7 Å². The Balaban J connectivity index is 2.20. The van der Waals surface area contributed by atoms with E-state index < -0.39 is 17.9 Å². The van der Waals surface area contributed by atoms with Gasteiger partial charge in [0.15, 0.2) is 6.10 Å². The Morgan fingerprint density at radius 2 is 1.81 bits per heavy atom. The maximum Gasteiger partial charge on any atom is 0.345 e. The van der Waals surface area contributed by atoms with Crippen molar-refractivity contribution in [2.24, 2.45) is 0 Å². The summed E-state index contributed by atoms with van der Waals surface area (Å²) in [5, 5.41) is 9.28. The minimum atomic E-state index is -1.12. The number of hydrogen-bond donors (Lipinski definition) is 1. The molecule has 2 rings (SSSR count). The third-order valence-corrected chi connectivity index (χ3v) is 3.11. The van der Waals surface area contributed by atoms with E-state index in [9.17, 15) is 14.3 Å². The lowest BCUT2D eigenvalue weighted by Gasteiger charge is -2.16. The summed E-state index contributed by atoms with van der Waals surface area (Å²) in [6.45, 7) is 3.82. The van der Waals surface area contributed by atoms with E-state index in [0.29, 0.717) is 11.3 Å². The van der Waals surface area contributed by atoms with Gasteiger partial charge >= 0.3 is 5.97 Å². The summed E-state index contributed by atoms with van der Waals surface area (Å²) >= 11 is 0. The van der Waals surface area contributed by atoms with E-state index in [-0.39, 0.29) is 6.42 Å². The molecule has 0 aliphatic heterocycles. The largest absolute Gasteiger partial charge is 0.478 e. The summed E-state index contributed by atoms with van der Waals surface area (Å²) in [7, 11) is 0. The second-order valence-electron chi connectivity index (χ2n) is 5.06. The second kappa shape index (κ2) is 6.39. The fourth-order valence-corrected chi connectivity index (χ4v) is 2.21. The number of halogens is 1. The Labute approximate surface area is 123 Å². The molecular weight excluding hydrogens is 271 g/mol. The highest BCUT2D eigenvalue weighted by Crippen LogP contribution is 2.19. The molecule has 2 aromatic carbocycles. The maximum atomic E-state index is 13.6. The fourth-order valence-electron chi connectivity index (χ4n) is 2.21. The van der Waals surface area contributed by atoms with Crippen LogP contribution in [0.25, 0.3) is 0 Å². The lowest BCUT2D eigenvalue weighted by atomic mass is 10.1. The van der Waals surface area contributed by atoms with Crippen molar-refractivity contribution in [3.05, 3.63) is 65.0 Å². The van der Waals surface area contributed by atoms with E-state index in [1.54, 1.807) is 30.3 Å². The molecule has 0 fully saturated rings. The number of ether oxygens (including phenoxy) is 1. The van der Waals surface area contributed by atoms with Crippen LogP contribution in [0.15, 0.2) is 42.5 Å². The Morgan fingerprint density at radius 1 is 1.19 bits per heavy atom. The van der Waals surface area contributed by atoms with Gasteiger partial charge in [-0.25, -0.2) is 9.18 Å². The molecule has 0 aliphatic rings. The lowest BCUT2D eigenvalue weighted by Crippen LogP contribution is -2.29. The summed E-state index contributed by atoms with van der Waals surface area (Å²) in [5.41, 5.74) is 2.30. The first-order valence-electron chi connectivity index (χ1n) is 6.67. The van der Waals surface area contributed by atoms with Crippen molar-refractivity contribution in [2.45, 2.75) is 26.4 Å². The van der Waals surface area contributed by atoms with Gasteiger partial charge in [0.25, 0.3) is 0 Å². The zero-order valence-corrected chi connectivity index (χ0v) is 12.0. The van der Waals surface area contributed by atoms with Gasteiger partial charge in [0.1, 0.15) is 11.6 Å². The molecule has 0 bridgehead atoms. The molecule has 0 aromatic heterocycles. The van der Waals surface area contributed by atoms with Gasteiger partial charge < -0.3 is 9.84 Å². The third kappa shape index (κ3) is 4.05. The van der Waals surface area contributed by atoms with Crippen LogP contribution in [0.3, 0.4) is 0 Å². The van der Waals surface area contributed by atoms with Gasteiger partial charge in [0.05, 0.1) is 0 Å². The molecular formula is C17H17FO3. The van der Waals surface area contributed by atoms with E-state index in [0.717, 1.165) is 11.1 Å². The molecule has 21 heavy (non-hydrogen) atoms. The van der Waals surface area contributed by atoms with Crippen LogP contribution in [0.2, 0.25) is 0 Å². The lowest BCUT2D eigenvalue weighted by molar-refractivity contribution is -0.145. The molecule has 0 aliphatic carbocycles. The second-order valence-corrected chi connectivity index (χ2v) is 5.06. The summed E-state index contributed by atoms with van der Waals surface area (Å²) in [6.07, 6.45) is -1.14. The normalized spacial score (nSPS) is 12.0. The van der Waals surface area contributed by atoms with Gasteiger partial charge in [-0.15, -0.1) is 0 Å². The van der Waals surface area contributed by atoms with Crippen LogP contribution in [0.4, 0.5) is 4.39 Å². The molecule has 0 spiro atoms. The Hall–Kier alpha value is -2.36. The van der Waals surface area contributed by atoms with Gasteiger partial charge in [-0.3, -0.25) is 0 Å². The van der Waals surface area contributed by atoms with Crippen LogP contribution in [0, 0.1) is 19.7 Å². The molecule has 0 saturated carbocycles. The molecule has 0 heterocycles. The predicted molar refractivity (Wildman–Crippen MR) is 78.1 cm³/mol. The van der Waals surface area contributed by atoms with E-state index in [1.807, 2.05) is 19.9 Å². The monoisotopic (exact) mass is 288 g/mol. The molecule has 0 saturated heterocycles. The smallest absolute Gasteiger partial charge is 0.345 e. The number of carboxylic acid groups (broad SMARTS) is 1. The first-order valence-corrected chi connectivity index (χ1v) is 6.67. The van der Waals surface area contributed by atoms with Crippen molar-refractivity contribution < 1.29 is 19.0 Å². The Kier molecular flexibility index (Phi) is 4.58. The fraction of sp³-hybridized carbons (Fsp3) is 0.235. The zero-order chi connectivity index (χ0) is 15.4. The quantitative estimate of drug-likeness (QED) is 0.915. The molecule has 3 nitrogen and oxygen atoms in total. The molecule has 1 unspecified atom stereocenters. The van der Waals surface area contributed by atoms with Crippen LogP contribution in [-0.2, 0) is 11.2 Å². The van der Waals surface area contributed by atoms with E-state index in [2.05, 4.69) is 0 Å². The third-order valence-electron chi connectivity index (χ3n) is 3.11. The zero-order valence-electron chi connectivity index (χ0n) is 12.0. The van der Waals surface area contributed by atoms with Crippen LogP contribution in [0.5, 0.6) is 5.75 Å². The highest BCUT2D eigenvalue weighted by Gasteiger charge is 2.21. The first-order chi connectivity index (χ1) is 9.95. The standard InChI is InChI=1S/C17H17FO3/c1-11-7-12(2)9-14(8-11)21-16(17(19)20)10-13-5-3-4-6-15(13)18/h3-9,16H,10H2,1-2H3,(H,19,20). The highest BCUT2D eigenvalue weighted by atomic mass is 19.1. The average molecular weight is 288 g/mol. The van der Waals surface area contributed by atoms with Crippen molar-refractivity contribution in [3.8, 4) is 5.75 Å². The first kappa shape index (κ1) is 15.0. The number of aryl methyl sites for hydroxylation is 2. The highest BCUT2D eigenvalue weighted by molar-refractivity contribution is 5.73. The van der Waals surface area contributed by atoms with Crippen molar-refractivity contribution in [1.29, 1.82) is 0 Å².